The summed E-state index contributed by atoms with van der Waals surface area (Å²) in [7, 11) is 2.06. The number of ether oxygens (including phenoxy) is 2. The van der Waals surface area contributed by atoms with E-state index in [0.29, 0.717) is 40.4 Å². The summed E-state index contributed by atoms with van der Waals surface area (Å²) in [6.45, 7) is 10.1. The Morgan fingerprint density at radius 2 is 1.74 bits per heavy atom. The van der Waals surface area contributed by atoms with Crippen molar-refractivity contribution in [2.75, 3.05) is 78.0 Å². The number of urea groups is 1. The number of likely N-dealkylation sites (N-methyl/N-ethyl adjacent to an activating group) is 1. The van der Waals surface area contributed by atoms with Gasteiger partial charge in [0, 0.05) is 56.9 Å². The average Bonchev–Trinajstić information content (AvgIpc) is 3.51. The third-order valence-corrected chi connectivity index (χ3v) is 7.80. The van der Waals surface area contributed by atoms with E-state index in [-0.39, 0.29) is 49.0 Å². The molecular formula is C29H38Cl3N7O4. The molecule has 0 unspecified atom stereocenters. The molecule has 3 heterocycles. The number of fused-ring (bicyclic) bond motifs is 3. The molecule has 0 saturated carbocycles. The van der Waals surface area contributed by atoms with Gasteiger partial charge in [-0.1, -0.05) is 12.1 Å². The molecule has 0 radical (unpaired) electrons. The van der Waals surface area contributed by atoms with Gasteiger partial charge in [0.2, 0.25) is 0 Å². The molecule has 3 N–H and O–H groups in total. The average molecular weight is 655 g/mol. The van der Waals surface area contributed by atoms with Crippen molar-refractivity contribution in [2.45, 2.75) is 6.92 Å². The number of nitrogens with one attached hydrogen (secondary N) is 3. The smallest absolute Gasteiger partial charge is 0.333 e. The van der Waals surface area contributed by atoms with Crippen molar-refractivity contribution in [3.05, 3.63) is 53.1 Å². The van der Waals surface area contributed by atoms with Crippen LogP contribution in [-0.4, -0.2) is 110 Å². The van der Waals surface area contributed by atoms with E-state index in [0.717, 1.165) is 75.9 Å². The minimum absolute atomic E-state index is 0. The molecule has 2 aliphatic heterocycles. The normalized spacial score (nSPS) is 16.7. The Balaban J connectivity index is 0.00000169. The van der Waals surface area contributed by atoms with E-state index in [9.17, 15) is 9.59 Å². The SMILES string of the molecule is Cc1cc(OCCN2CCOCC2)ccc1-c1[nH]nc2c1C(=O)c1c(NC(=O)NN3CCN(C)CC3)cccc1-2.Cl.Cl.Cl. The van der Waals surface area contributed by atoms with Crippen LogP contribution in [-0.2, 0) is 4.74 Å². The molecule has 234 valence electrons. The molecule has 2 fully saturated rings. The number of aromatic amines is 1. The molecule has 2 aromatic carbocycles. The van der Waals surface area contributed by atoms with Crippen LogP contribution in [0.1, 0.15) is 21.5 Å². The molecule has 6 rings (SSSR count). The number of amides is 2. The van der Waals surface area contributed by atoms with Gasteiger partial charge in [-0.05, 0) is 43.8 Å². The van der Waals surface area contributed by atoms with Crippen molar-refractivity contribution < 1.29 is 19.1 Å². The summed E-state index contributed by atoms with van der Waals surface area (Å²) < 4.78 is 11.4. The van der Waals surface area contributed by atoms with Crippen LogP contribution in [0.2, 0.25) is 0 Å². The van der Waals surface area contributed by atoms with Gasteiger partial charge in [-0.25, -0.2) is 9.80 Å². The molecule has 1 aromatic heterocycles. The summed E-state index contributed by atoms with van der Waals surface area (Å²) in [6, 6.07) is 11.0. The van der Waals surface area contributed by atoms with E-state index in [2.05, 4.69) is 37.8 Å². The van der Waals surface area contributed by atoms with Crippen LogP contribution in [0, 0.1) is 6.92 Å². The summed E-state index contributed by atoms with van der Waals surface area (Å²) in [5.41, 5.74) is 8.19. The first-order chi connectivity index (χ1) is 19.5. The monoisotopic (exact) mass is 653 g/mol. The van der Waals surface area contributed by atoms with Gasteiger partial charge in [0.05, 0.1) is 35.7 Å². The number of hydrogen-bond donors (Lipinski definition) is 3. The van der Waals surface area contributed by atoms with Crippen LogP contribution in [0.5, 0.6) is 5.75 Å². The van der Waals surface area contributed by atoms with Gasteiger partial charge in [0.25, 0.3) is 0 Å². The number of hydrazine groups is 1. The number of H-pyrrole nitrogens is 1. The summed E-state index contributed by atoms with van der Waals surface area (Å²) in [5.74, 6) is 0.632. The van der Waals surface area contributed by atoms with Gasteiger partial charge in [0.1, 0.15) is 18.1 Å². The van der Waals surface area contributed by atoms with E-state index in [1.54, 1.807) is 6.07 Å². The fraction of sp³-hybridized carbons (Fsp3) is 0.414. The lowest BCUT2D eigenvalue weighted by atomic mass is 10.00. The van der Waals surface area contributed by atoms with Crippen LogP contribution in [0.15, 0.2) is 36.4 Å². The van der Waals surface area contributed by atoms with Crippen molar-refractivity contribution in [1.29, 1.82) is 0 Å². The molecule has 3 aromatic rings. The number of morpholine rings is 1. The molecule has 1 aliphatic carbocycles. The molecule has 3 aliphatic rings. The maximum Gasteiger partial charge on any atom is 0.333 e. The van der Waals surface area contributed by atoms with Crippen molar-refractivity contribution in [1.82, 2.24) is 30.4 Å². The Morgan fingerprint density at radius 3 is 2.47 bits per heavy atom. The van der Waals surface area contributed by atoms with E-state index in [1.165, 1.54) is 0 Å². The Bertz CT molecular complexity index is 1420. The van der Waals surface area contributed by atoms with E-state index in [4.69, 9.17) is 9.47 Å². The largest absolute Gasteiger partial charge is 0.492 e. The molecular weight excluding hydrogens is 617 g/mol. The first-order valence-electron chi connectivity index (χ1n) is 13.8. The van der Waals surface area contributed by atoms with E-state index in [1.807, 2.05) is 42.3 Å². The van der Waals surface area contributed by atoms with Crippen LogP contribution in [0.4, 0.5) is 10.5 Å². The second-order valence-electron chi connectivity index (χ2n) is 10.5. The van der Waals surface area contributed by atoms with Gasteiger partial charge in [-0.15, -0.1) is 37.2 Å². The van der Waals surface area contributed by atoms with Gasteiger partial charge in [0.15, 0.2) is 5.78 Å². The van der Waals surface area contributed by atoms with E-state index < -0.39 is 0 Å². The second kappa shape index (κ2) is 15.2. The molecule has 2 saturated heterocycles. The van der Waals surface area contributed by atoms with Gasteiger partial charge < -0.3 is 19.7 Å². The number of carbonyl (C=O) groups is 2. The summed E-state index contributed by atoms with van der Waals surface area (Å²) >= 11 is 0. The molecule has 2 amide bonds. The molecule has 11 nitrogen and oxygen atoms in total. The molecule has 0 spiro atoms. The number of rotatable bonds is 7. The van der Waals surface area contributed by atoms with Gasteiger partial charge in [-0.3, -0.25) is 20.2 Å². The van der Waals surface area contributed by atoms with Crippen LogP contribution < -0.4 is 15.5 Å². The van der Waals surface area contributed by atoms with Crippen LogP contribution >= 0.6 is 37.2 Å². The quantitative estimate of drug-likeness (QED) is 0.275. The highest BCUT2D eigenvalue weighted by Gasteiger charge is 2.35. The number of nitrogens with zero attached hydrogens (tertiary/aromatic N) is 4. The number of anilines is 1. The lowest BCUT2D eigenvalue weighted by Crippen LogP contribution is -2.53. The summed E-state index contributed by atoms with van der Waals surface area (Å²) in [4.78, 5) is 31.1. The molecule has 43 heavy (non-hydrogen) atoms. The zero-order valence-corrected chi connectivity index (χ0v) is 26.6. The highest BCUT2D eigenvalue weighted by molar-refractivity contribution is 6.27. The fourth-order valence-corrected chi connectivity index (χ4v) is 5.51. The molecule has 0 atom stereocenters. The number of hydrogen-bond acceptors (Lipinski definition) is 8. The molecule has 14 heteroatoms. The highest BCUT2D eigenvalue weighted by Crippen LogP contribution is 2.43. The molecule has 0 bridgehead atoms. The van der Waals surface area contributed by atoms with Crippen LogP contribution in [0.3, 0.4) is 0 Å². The Hall–Kier alpha value is -2.90. The minimum Gasteiger partial charge on any atom is -0.492 e. The second-order valence-corrected chi connectivity index (χ2v) is 10.5. The number of carbonyl (C=O) groups excluding carboxylic acids is 2. The standard InChI is InChI=1S/C29H35N7O4.3ClH/c1-19-18-20(40-17-14-35-12-15-39-16-13-35)6-7-21(19)26-25-27(32-31-26)22-4-3-5-23(24(22)28(25)37)30-29(38)33-36-10-8-34(2)9-11-36;;;/h3-7,18H,8-17H2,1-2H3,(H,31,32)(H2,30,33,38);3*1H. The number of halogens is 3. The number of aryl methyl sites for hydroxylation is 1. The predicted octanol–water partition coefficient (Wildman–Crippen LogP) is 3.86. The van der Waals surface area contributed by atoms with Crippen LogP contribution in [0.25, 0.3) is 22.5 Å². The van der Waals surface area contributed by atoms with E-state index >= 15 is 0 Å². The van der Waals surface area contributed by atoms with Crippen molar-refractivity contribution in [2.24, 2.45) is 0 Å². The number of benzene rings is 2. The number of ketones is 1. The maximum absolute atomic E-state index is 13.8. The van der Waals surface area contributed by atoms with Gasteiger partial charge >= 0.3 is 6.03 Å². The first-order valence-corrected chi connectivity index (χ1v) is 13.8. The zero-order chi connectivity index (χ0) is 27.6. The number of aromatic nitrogens is 2. The topological polar surface area (TPSA) is 115 Å². The highest BCUT2D eigenvalue weighted by atomic mass is 35.5. The lowest BCUT2D eigenvalue weighted by Gasteiger charge is -2.32. The van der Waals surface area contributed by atoms with Crippen molar-refractivity contribution in [3.8, 4) is 28.3 Å². The third-order valence-electron chi connectivity index (χ3n) is 7.80. The summed E-state index contributed by atoms with van der Waals surface area (Å²) in [5, 5.41) is 12.4. The van der Waals surface area contributed by atoms with Crippen molar-refractivity contribution in [3.63, 3.8) is 0 Å². The summed E-state index contributed by atoms with van der Waals surface area (Å²) in [6.07, 6.45) is 0. The maximum atomic E-state index is 13.8. The Kier molecular flexibility index (Phi) is 12.2. The predicted molar refractivity (Wildman–Crippen MR) is 173 cm³/mol. The lowest BCUT2D eigenvalue weighted by molar-refractivity contribution is 0.0322. The Labute approximate surface area is 269 Å². The zero-order valence-electron chi connectivity index (χ0n) is 24.2. The first kappa shape index (κ1) is 34.6. The van der Waals surface area contributed by atoms with Gasteiger partial charge in [-0.2, -0.15) is 5.10 Å². The third kappa shape index (κ3) is 7.43. The fourth-order valence-electron chi connectivity index (χ4n) is 5.51. The number of piperazine rings is 1. The minimum atomic E-state index is -0.364. The van der Waals surface area contributed by atoms with Crippen molar-refractivity contribution >= 4 is 54.7 Å². The Morgan fingerprint density at radius 1 is 1.00 bits per heavy atom.